The number of carboxylic acids is 1. The van der Waals surface area contributed by atoms with Gasteiger partial charge in [0.15, 0.2) is 0 Å². The molecule has 5 atom stereocenters. The summed E-state index contributed by atoms with van der Waals surface area (Å²) in [5, 5.41) is 27.3. The van der Waals surface area contributed by atoms with Crippen molar-refractivity contribution in [1.82, 2.24) is 36.4 Å². The second-order valence-electron chi connectivity index (χ2n) is 9.89. The fourth-order valence-electron chi connectivity index (χ4n) is 5.03. The second-order valence-corrected chi connectivity index (χ2v) is 9.89. The van der Waals surface area contributed by atoms with Gasteiger partial charge in [0.2, 0.25) is 23.6 Å². The predicted molar refractivity (Wildman–Crippen MR) is 138 cm³/mol. The number of nitrogens with zero attached hydrogens (tertiary/aromatic N) is 3. The van der Waals surface area contributed by atoms with E-state index >= 15 is 0 Å². The first-order valence-corrected chi connectivity index (χ1v) is 13.2. The fraction of sp³-hybridized carbons (Fsp3) is 0.500. The molecule has 1 aromatic carbocycles. The Bertz CT molecular complexity index is 1250. The Balaban J connectivity index is 1.70. The highest BCUT2D eigenvalue weighted by Crippen LogP contribution is 2.32. The average molecular weight is 556 g/mol. The molecule has 14 heteroatoms. The highest BCUT2D eigenvalue weighted by atomic mass is 16.4. The van der Waals surface area contributed by atoms with Crippen LogP contribution in [-0.2, 0) is 25.6 Å². The third-order valence-corrected chi connectivity index (χ3v) is 7.01. The molecular formula is C26H33N7O7. The monoisotopic (exact) mass is 555 g/mol. The summed E-state index contributed by atoms with van der Waals surface area (Å²) in [6.45, 7) is 4.10. The van der Waals surface area contributed by atoms with Crippen LogP contribution < -0.4 is 21.3 Å². The molecule has 5 amide bonds. The van der Waals surface area contributed by atoms with Crippen LogP contribution in [0.2, 0.25) is 0 Å². The predicted octanol–water partition coefficient (Wildman–Crippen LogP) is 0.573. The average Bonchev–Trinajstić information content (AvgIpc) is 3.59. The molecule has 1 unspecified atom stereocenters. The number of rotatable bonds is 5. The molecule has 5 N–H and O–H groups in total. The standard InChI is InChI=1S/C26H33N7O7/c1-3-18-25-32-31-24(40-25)14(2)27-26(39)30-22(37)17(13-20(34)35)28-21(36)16(12-15-8-5-4-6-9-15)29-23(38)19-10-7-11-33(18)19/h4-6,8-9,14,16-19H,3,7,10-13H2,1-2H3,(H,28,36)(H,29,38)(H,34,35)(H2,27,30,37,39)/t14-,16-,17-,18?,19-/m0/s1. The molecule has 1 saturated heterocycles. The minimum absolute atomic E-state index is 0.0920. The molecule has 14 nitrogen and oxygen atoms in total. The first-order chi connectivity index (χ1) is 19.2. The smallest absolute Gasteiger partial charge is 0.322 e. The van der Waals surface area contributed by atoms with Crippen molar-refractivity contribution in [2.75, 3.05) is 6.54 Å². The van der Waals surface area contributed by atoms with E-state index in [-0.39, 0.29) is 30.2 Å². The molecule has 214 valence electrons. The van der Waals surface area contributed by atoms with Gasteiger partial charge in [-0.15, -0.1) is 10.2 Å². The molecule has 4 rings (SSSR count). The van der Waals surface area contributed by atoms with E-state index in [0.29, 0.717) is 19.4 Å². The minimum atomic E-state index is -1.58. The van der Waals surface area contributed by atoms with Crippen molar-refractivity contribution >= 4 is 29.7 Å². The van der Waals surface area contributed by atoms with Crippen LogP contribution in [0.4, 0.5) is 4.79 Å². The second kappa shape index (κ2) is 12.7. The molecule has 2 aromatic rings. The summed E-state index contributed by atoms with van der Waals surface area (Å²) in [6.07, 6.45) is 1.15. The van der Waals surface area contributed by atoms with Gasteiger partial charge in [-0.3, -0.25) is 29.4 Å². The van der Waals surface area contributed by atoms with Gasteiger partial charge in [0.1, 0.15) is 18.1 Å². The zero-order valence-electron chi connectivity index (χ0n) is 22.3. The van der Waals surface area contributed by atoms with Crippen LogP contribution in [0.25, 0.3) is 0 Å². The topological polar surface area (TPSA) is 196 Å². The number of carbonyl (C=O) groups excluding carboxylic acids is 4. The van der Waals surface area contributed by atoms with Gasteiger partial charge < -0.3 is 25.5 Å². The summed E-state index contributed by atoms with van der Waals surface area (Å²) in [4.78, 5) is 65.9. The van der Waals surface area contributed by atoms with Crippen LogP contribution in [0.15, 0.2) is 34.7 Å². The van der Waals surface area contributed by atoms with Crippen molar-refractivity contribution in [2.24, 2.45) is 0 Å². The zero-order chi connectivity index (χ0) is 28.8. The van der Waals surface area contributed by atoms with Crippen molar-refractivity contribution in [3.63, 3.8) is 0 Å². The normalized spacial score (nSPS) is 26.6. The molecule has 40 heavy (non-hydrogen) atoms. The van der Waals surface area contributed by atoms with Crippen LogP contribution in [0.5, 0.6) is 0 Å². The summed E-state index contributed by atoms with van der Waals surface area (Å²) in [6, 6.07) is 3.57. The fourth-order valence-corrected chi connectivity index (χ4v) is 5.03. The van der Waals surface area contributed by atoms with Gasteiger partial charge >= 0.3 is 12.0 Å². The van der Waals surface area contributed by atoms with E-state index in [2.05, 4.69) is 31.5 Å². The van der Waals surface area contributed by atoms with Crippen LogP contribution in [0.3, 0.4) is 0 Å². The lowest BCUT2D eigenvalue weighted by Gasteiger charge is -2.31. The molecular weight excluding hydrogens is 522 g/mol. The summed E-state index contributed by atoms with van der Waals surface area (Å²) >= 11 is 0. The number of imide groups is 1. The first kappa shape index (κ1) is 28.7. The molecule has 1 fully saturated rings. The molecule has 0 aliphatic carbocycles. The van der Waals surface area contributed by atoms with Crippen LogP contribution in [0.1, 0.15) is 69.0 Å². The number of hydrogen-bond donors (Lipinski definition) is 5. The zero-order valence-corrected chi connectivity index (χ0v) is 22.3. The quantitative estimate of drug-likeness (QED) is 0.348. The van der Waals surface area contributed by atoms with E-state index in [1.807, 2.05) is 17.9 Å². The molecule has 3 heterocycles. The summed E-state index contributed by atoms with van der Waals surface area (Å²) in [5.41, 5.74) is 0.745. The number of carboxylic acid groups (broad SMARTS) is 1. The first-order valence-electron chi connectivity index (χ1n) is 13.2. The third-order valence-electron chi connectivity index (χ3n) is 7.01. The summed E-state index contributed by atoms with van der Waals surface area (Å²) in [7, 11) is 0. The molecule has 0 saturated carbocycles. The summed E-state index contributed by atoms with van der Waals surface area (Å²) in [5.74, 6) is -3.16. The number of hydrogen-bond acceptors (Lipinski definition) is 9. The Labute approximate surface area is 230 Å². The number of nitrogens with one attached hydrogen (secondary N) is 4. The molecule has 2 aliphatic rings. The van der Waals surface area contributed by atoms with E-state index in [0.717, 1.165) is 12.0 Å². The molecule has 2 aliphatic heterocycles. The SMILES string of the molecule is CCC1c2nnc(o2)[C@H](C)NC(=O)NC(=O)[C@H](CC(=O)O)NC(=O)[C@H](Cc2ccccc2)NC(=O)[C@@H]2CCCN12. The molecule has 0 spiro atoms. The van der Waals surface area contributed by atoms with Crippen molar-refractivity contribution in [2.45, 2.75) is 76.2 Å². The van der Waals surface area contributed by atoms with E-state index in [4.69, 9.17) is 4.42 Å². The van der Waals surface area contributed by atoms with Crippen LogP contribution >= 0.6 is 0 Å². The molecule has 1 aromatic heterocycles. The lowest BCUT2D eigenvalue weighted by molar-refractivity contribution is -0.141. The lowest BCUT2D eigenvalue weighted by Crippen LogP contribution is -2.58. The number of fused-ring (bicyclic) bond motifs is 3. The Kier molecular flexibility index (Phi) is 9.09. The highest BCUT2D eigenvalue weighted by molar-refractivity contribution is 6.01. The minimum Gasteiger partial charge on any atom is -0.481 e. The van der Waals surface area contributed by atoms with Crippen molar-refractivity contribution < 1.29 is 33.5 Å². The van der Waals surface area contributed by atoms with Gasteiger partial charge in [0.25, 0.3) is 5.91 Å². The van der Waals surface area contributed by atoms with E-state index < -0.39 is 54.4 Å². The van der Waals surface area contributed by atoms with Gasteiger partial charge in [0, 0.05) is 6.42 Å². The Morgan fingerprint density at radius 1 is 1.00 bits per heavy atom. The van der Waals surface area contributed by atoms with E-state index in [9.17, 15) is 29.1 Å². The maximum Gasteiger partial charge on any atom is 0.322 e. The number of carbonyl (C=O) groups is 5. The van der Waals surface area contributed by atoms with Crippen molar-refractivity contribution in [1.29, 1.82) is 0 Å². The van der Waals surface area contributed by atoms with Gasteiger partial charge in [-0.05, 0) is 38.3 Å². The Morgan fingerprint density at radius 3 is 2.40 bits per heavy atom. The van der Waals surface area contributed by atoms with Crippen LogP contribution in [-0.4, -0.2) is 74.6 Å². The number of urea groups is 1. The lowest BCUT2D eigenvalue weighted by atomic mass is 10.0. The van der Waals surface area contributed by atoms with Gasteiger partial charge in [0.05, 0.1) is 18.5 Å². The number of aliphatic carboxylic acids is 1. The maximum absolute atomic E-state index is 13.6. The van der Waals surface area contributed by atoms with E-state index in [1.165, 1.54) is 0 Å². The van der Waals surface area contributed by atoms with Gasteiger partial charge in [-0.1, -0.05) is 37.3 Å². The van der Waals surface area contributed by atoms with Gasteiger partial charge in [-0.25, -0.2) is 4.79 Å². The number of benzene rings is 1. The Morgan fingerprint density at radius 2 is 1.70 bits per heavy atom. The van der Waals surface area contributed by atoms with E-state index in [1.54, 1.807) is 31.2 Å². The highest BCUT2D eigenvalue weighted by Gasteiger charge is 2.39. The number of aromatic nitrogens is 2. The maximum atomic E-state index is 13.6. The van der Waals surface area contributed by atoms with Crippen LogP contribution in [0, 0.1) is 0 Å². The van der Waals surface area contributed by atoms with Crippen molar-refractivity contribution in [3.8, 4) is 0 Å². The van der Waals surface area contributed by atoms with Gasteiger partial charge in [-0.2, -0.15) is 0 Å². The summed E-state index contributed by atoms with van der Waals surface area (Å²) < 4.78 is 5.87. The number of amides is 5. The van der Waals surface area contributed by atoms with Crippen molar-refractivity contribution in [3.05, 3.63) is 47.7 Å². The largest absolute Gasteiger partial charge is 0.481 e. The third kappa shape index (κ3) is 6.81. The molecule has 0 radical (unpaired) electrons. The Hall–Kier alpha value is -4.33. The molecule has 2 bridgehead atoms.